The second-order valence-corrected chi connectivity index (χ2v) is 11.5. The Labute approximate surface area is 208 Å². The van der Waals surface area contributed by atoms with E-state index in [0.29, 0.717) is 6.54 Å². The lowest BCUT2D eigenvalue weighted by Crippen LogP contribution is -2.40. The lowest BCUT2D eigenvalue weighted by molar-refractivity contribution is 0.0502. The molecule has 0 aliphatic heterocycles. The van der Waals surface area contributed by atoms with E-state index in [1.54, 1.807) is 0 Å². The number of alkyl carbamates (subject to hydrolysis) is 1. The molecule has 7 nitrogen and oxygen atoms in total. The Morgan fingerprint density at radius 2 is 1.94 bits per heavy atom. The first-order valence-corrected chi connectivity index (χ1v) is 12.6. The number of rotatable bonds is 7. The van der Waals surface area contributed by atoms with Gasteiger partial charge in [0.2, 0.25) is 0 Å². The third-order valence-corrected chi connectivity index (χ3v) is 6.52. The van der Waals surface area contributed by atoms with Gasteiger partial charge in [-0.15, -0.1) is 0 Å². The molecule has 0 radical (unpaired) electrons. The van der Waals surface area contributed by atoms with Crippen molar-refractivity contribution in [3.63, 3.8) is 0 Å². The molecule has 0 spiro atoms. The number of hydrogen-bond donors (Lipinski definition) is 1. The molecule has 0 saturated carbocycles. The minimum absolute atomic E-state index is 0.202. The Balaban J connectivity index is 1.54. The van der Waals surface area contributed by atoms with Gasteiger partial charge in [0.15, 0.2) is 0 Å². The Morgan fingerprint density at radius 3 is 2.71 bits per heavy atom. The summed E-state index contributed by atoms with van der Waals surface area (Å²) in [5.74, 6) is 1.03. The highest BCUT2D eigenvalue weighted by atomic mass is 16.6. The molecule has 1 N–H and O–H groups in total. The number of nitrogens with zero attached hydrogens (tertiary/aromatic N) is 4. The number of carbonyl (C=O) groups excluding carboxylic acids is 1. The standard InChI is InChI=1S/C28H39N5O2/c1-27(2,3)35-26(34)30-18-28(4,5)19-33-22-14-8-7-13-21(22)31-24(33)17-32(6)23-15-9-11-20-12-10-16-29-25(20)23/h7-8,10,12-14,16,23H,9,11,15,17-19H2,1-6H3,(H,30,34). The fraction of sp³-hybridized carbons (Fsp3) is 0.536. The van der Waals surface area contributed by atoms with Crippen molar-refractivity contribution in [2.24, 2.45) is 5.41 Å². The molecule has 2 aromatic heterocycles. The number of aromatic nitrogens is 3. The number of pyridine rings is 1. The van der Waals surface area contributed by atoms with Crippen LogP contribution in [0.4, 0.5) is 4.79 Å². The predicted octanol–water partition coefficient (Wildman–Crippen LogP) is 5.49. The molecule has 2 heterocycles. The van der Waals surface area contributed by atoms with Crippen molar-refractivity contribution >= 4 is 17.1 Å². The number of carbonyl (C=O) groups is 1. The number of amides is 1. The summed E-state index contributed by atoms with van der Waals surface area (Å²) >= 11 is 0. The molecule has 1 amide bonds. The molecule has 4 rings (SSSR count). The van der Waals surface area contributed by atoms with Crippen LogP contribution in [0, 0.1) is 5.41 Å². The molecule has 0 saturated heterocycles. The number of benzene rings is 1. The first kappa shape index (κ1) is 25.2. The molecular weight excluding hydrogens is 438 g/mol. The van der Waals surface area contributed by atoms with Crippen LogP contribution in [-0.4, -0.2) is 44.7 Å². The number of aryl methyl sites for hydroxylation is 1. The Hall–Kier alpha value is -2.93. The molecule has 1 aromatic carbocycles. The maximum absolute atomic E-state index is 12.2. The second-order valence-electron chi connectivity index (χ2n) is 11.5. The number of para-hydroxylation sites is 2. The lowest BCUT2D eigenvalue weighted by Gasteiger charge is -2.33. The summed E-state index contributed by atoms with van der Waals surface area (Å²) in [6.07, 6.45) is 4.90. The normalized spacial score (nSPS) is 16.4. The first-order valence-electron chi connectivity index (χ1n) is 12.6. The molecule has 0 fully saturated rings. The van der Waals surface area contributed by atoms with Crippen molar-refractivity contribution < 1.29 is 9.53 Å². The summed E-state index contributed by atoms with van der Waals surface area (Å²) in [6, 6.07) is 12.8. The van der Waals surface area contributed by atoms with E-state index >= 15 is 0 Å². The molecule has 1 aliphatic rings. The molecule has 1 unspecified atom stereocenters. The number of fused-ring (bicyclic) bond motifs is 2. The van der Waals surface area contributed by atoms with E-state index in [-0.39, 0.29) is 17.6 Å². The predicted molar refractivity (Wildman–Crippen MR) is 139 cm³/mol. The largest absolute Gasteiger partial charge is 0.444 e. The van der Waals surface area contributed by atoms with Crippen molar-refractivity contribution in [1.29, 1.82) is 0 Å². The third kappa shape index (κ3) is 6.20. The fourth-order valence-corrected chi connectivity index (χ4v) is 4.88. The van der Waals surface area contributed by atoms with Crippen LogP contribution < -0.4 is 5.32 Å². The van der Waals surface area contributed by atoms with E-state index in [9.17, 15) is 4.79 Å². The maximum atomic E-state index is 12.2. The van der Waals surface area contributed by atoms with Crippen molar-refractivity contribution in [1.82, 2.24) is 24.8 Å². The number of nitrogens with one attached hydrogen (secondary N) is 1. The average Bonchev–Trinajstić information content (AvgIpc) is 3.12. The molecule has 0 bridgehead atoms. The van der Waals surface area contributed by atoms with E-state index in [2.05, 4.69) is 59.9 Å². The zero-order valence-corrected chi connectivity index (χ0v) is 22.0. The van der Waals surface area contributed by atoms with Crippen molar-refractivity contribution in [2.45, 2.75) is 78.6 Å². The number of imidazole rings is 1. The fourth-order valence-electron chi connectivity index (χ4n) is 4.88. The average molecular weight is 478 g/mol. The molecule has 35 heavy (non-hydrogen) atoms. The Kier molecular flexibility index (Phi) is 7.17. The highest BCUT2D eigenvalue weighted by molar-refractivity contribution is 5.76. The minimum Gasteiger partial charge on any atom is -0.444 e. The smallest absolute Gasteiger partial charge is 0.407 e. The van der Waals surface area contributed by atoms with Gasteiger partial charge in [0.05, 0.1) is 29.3 Å². The van der Waals surface area contributed by atoms with Gasteiger partial charge >= 0.3 is 6.09 Å². The SMILES string of the molecule is CN(Cc1nc2ccccc2n1CC(C)(C)CNC(=O)OC(C)(C)C)C1CCCc2cccnc21. The van der Waals surface area contributed by atoms with Crippen LogP contribution >= 0.6 is 0 Å². The van der Waals surface area contributed by atoms with Crippen molar-refractivity contribution in [3.05, 3.63) is 59.7 Å². The van der Waals surface area contributed by atoms with Crippen LogP contribution in [0.1, 0.15) is 70.6 Å². The van der Waals surface area contributed by atoms with Crippen LogP contribution in [0.2, 0.25) is 0 Å². The monoisotopic (exact) mass is 477 g/mol. The van der Waals surface area contributed by atoms with Gasteiger partial charge in [-0.3, -0.25) is 9.88 Å². The van der Waals surface area contributed by atoms with Gasteiger partial charge in [-0.2, -0.15) is 0 Å². The Bertz CT molecular complexity index is 1180. The third-order valence-electron chi connectivity index (χ3n) is 6.52. The summed E-state index contributed by atoms with van der Waals surface area (Å²) in [4.78, 5) is 24.4. The number of hydrogen-bond acceptors (Lipinski definition) is 5. The quantitative estimate of drug-likeness (QED) is 0.487. The van der Waals surface area contributed by atoms with Crippen LogP contribution in [0.3, 0.4) is 0 Å². The van der Waals surface area contributed by atoms with Gasteiger partial charge in [-0.05, 0) is 70.8 Å². The maximum Gasteiger partial charge on any atom is 0.407 e. The van der Waals surface area contributed by atoms with Crippen molar-refractivity contribution in [2.75, 3.05) is 13.6 Å². The summed E-state index contributed by atoms with van der Waals surface area (Å²) in [7, 11) is 2.17. The molecule has 7 heteroatoms. The van der Waals surface area contributed by atoms with E-state index in [1.165, 1.54) is 17.7 Å². The van der Waals surface area contributed by atoms with E-state index in [1.807, 2.05) is 39.1 Å². The van der Waals surface area contributed by atoms with Gasteiger partial charge in [0.25, 0.3) is 0 Å². The zero-order valence-electron chi connectivity index (χ0n) is 22.0. The first-order chi connectivity index (χ1) is 16.5. The zero-order chi connectivity index (χ0) is 25.2. The molecule has 3 aromatic rings. The summed E-state index contributed by atoms with van der Waals surface area (Å²) < 4.78 is 7.74. The second kappa shape index (κ2) is 9.97. The number of ether oxygens (including phenoxy) is 1. The summed E-state index contributed by atoms with van der Waals surface area (Å²) in [6.45, 7) is 11.9. The highest BCUT2D eigenvalue weighted by Gasteiger charge is 2.28. The van der Waals surface area contributed by atoms with E-state index in [4.69, 9.17) is 14.7 Å². The van der Waals surface area contributed by atoms with Gasteiger partial charge in [-0.25, -0.2) is 9.78 Å². The van der Waals surface area contributed by atoms with Gasteiger partial charge in [0.1, 0.15) is 11.4 Å². The van der Waals surface area contributed by atoms with Gasteiger partial charge in [0, 0.05) is 24.7 Å². The van der Waals surface area contributed by atoms with Gasteiger partial charge in [-0.1, -0.05) is 32.0 Å². The summed E-state index contributed by atoms with van der Waals surface area (Å²) in [5, 5.41) is 2.95. The molecule has 1 atom stereocenters. The van der Waals surface area contributed by atoms with Crippen LogP contribution in [0.15, 0.2) is 42.6 Å². The van der Waals surface area contributed by atoms with Crippen LogP contribution in [0.25, 0.3) is 11.0 Å². The molecular formula is C28H39N5O2. The lowest BCUT2D eigenvalue weighted by atomic mass is 9.91. The molecule has 1 aliphatic carbocycles. The van der Waals surface area contributed by atoms with Crippen LogP contribution in [-0.2, 0) is 24.2 Å². The summed E-state index contributed by atoms with van der Waals surface area (Å²) in [5.41, 5.74) is 3.95. The van der Waals surface area contributed by atoms with Gasteiger partial charge < -0.3 is 14.6 Å². The Morgan fingerprint density at radius 1 is 1.17 bits per heavy atom. The molecule has 188 valence electrons. The van der Waals surface area contributed by atoms with E-state index < -0.39 is 5.60 Å². The van der Waals surface area contributed by atoms with Crippen molar-refractivity contribution in [3.8, 4) is 0 Å². The van der Waals surface area contributed by atoms with Crippen LogP contribution in [0.5, 0.6) is 0 Å². The highest BCUT2D eigenvalue weighted by Crippen LogP contribution is 2.33. The van der Waals surface area contributed by atoms with E-state index in [0.717, 1.165) is 42.8 Å². The minimum atomic E-state index is -0.515. The topological polar surface area (TPSA) is 72.3 Å².